The van der Waals surface area contributed by atoms with Crippen LogP contribution < -0.4 is 4.72 Å². The number of nitriles is 1. The molecule has 0 atom stereocenters. The van der Waals surface area contributed by atoms with Gasteiger partial charge in [-0.25, -0.2) is 16.8 Å². The zero-order valence-electron chi connectivity index (χ0n) is 21.2. The number of anilines is 1. The maximum atomic E-state index is 13.3. The van der Waals surface area contributed by atoms with Crippen LogP contribution in [0.25, 0.3) is 0 Å². The number of piperidine rings is 1. The molecule has 0 bridgehead atoms. The first-order chi connectivity index (χ1) is 17.9. The zero-order valence-corrected chi connectivity index (χ0v) is 22.8. The topological polar surface area (TPSA) is 124 Å². The van der Waals surface area contributed by atoms with Crippen molar-refractivity contribution in [3.63, 3.8) is 0 Å². The number of carbonyl (C=O) groups excluding carboxylic acids is 1. The summed E-state index contributed by atoms with van der Waals surface area (Å²) in [7, 11) is -7.17. The zero-order chi connectivity index (χ0) is 27.5. The van der Waals surface area contributed by atoms with Gasteiger partial charge >= 0.3 is 0 Å². The number of aryl methyl sites for hydroxylation is 1. The largest absolute Gasteiger partial charge is 0.339 e. The van der Waals surface area contributed by atoms with Crippen LogP contribution >= 0.6 is 0 Å². The minimum atomic E-state index is -3.80. The summed E-state index contributed by atoms with van der Waals surface area (Å²) in [6.07, 6.45) is 2.70. The van der Waals surface area contributed by atoms with Crippen molar-refractivity contribution < 1.29 is 21.6 Å². The molecule has 3 aromatic carbocycles. The smallest absolute Gasteiger partial charge is 0.254 e. The van der Waals surface area contributed by atoms with Gasteiger partial charge in [0.2, 0.25) is 10.0 Å². The van der Waals surface area contributed by atoms with Gasteiger partial charge in [0.25, 0.3) is 5.91 Å². The van der Waals surface area contributed by atoms with Gasteiger partial charge in [-0.3, -0.25) is 9.52 Å². The van der Waals surface area contributed by atoms with E-state index in [0.717, 1.165) is 30.2 Å². The van der Waals surface area contributed by atoms with Crippen LogP contribution in [0.2, 0.25) is 0 Å². The standard InChI is InChI=1S/C28H29N3O5S2/c1-20-3-10-25(30-38(35,36)19-22-6-11-26(12-7-22)37(2,33)34)17-27(20)28(32)31-15-13-24(14-16-31)23-8-4-21(18-29)5-9-23/h3-12,17,24,30H,13-16,19H2,1-2H3. The second-order valence-electron chi connectivity index (χ2n) is 9.61. The number of nitrogens with zero attached hydrogens (tertiary/aromatic N) is 2. The molecule has 8 nitrogen and oxygen atoms in total. The fourth-order valence-electron chi connectivity index (χ4n) is 4.60. The minimum Gasteiger partial charge on any atom is -0.339 e. The molecule has 38 heavy (non-hydrogen) atoms. The maximum Gasteiger partial charge on any atom is 0.254 e. The summed E-state index contributed by atoms with van der Waals surface area (Å²) >= 11 is 0. The summed E-state index contributed by atoms with van der Waals surface area (Å²) in [6.45, 7) is 2.99. The molecule has 0 aliphatic carbocycles. The van der Waals surface area contributed by atoms with Gasteiger partial charge in [-0.1, -0.05) is 30.3 Å². The normalized spacial score (nSPS) is 14.6. The highest BCUT2D eigenvalue weighted by atomic mass is 32.2. The highest BCUT2D eigenvalue weighted by Gasteiger charge is 2.26. The van der Waals surface area contributed by atoms with E-state index in [4.69, 9.17) is 5.26 Å². The number of likely N-dealkylation sites (tertiary alicyclic amines) is 1. The Kier molecular flexibility index (Phi) is 7.90. The monoisotopic (exact) mass is 551 g/mol. The summed E-state index contributed by atoms with van der Waals surface area (Å²) in [4.78, 5) is 15.2. The Morgan fingerprint density at radius 1 is 0.974 bits per heavy atom. The Morgan fingerprint density at radius 2 is 1.61 bits per heavy atom. The molecule has 0 saturated carbocycles. The number of nitrogens with one attached hydrogen (secondary N) is 1. The number of hydrogen-bond donors (Lipinski definition) is 1. The Morgan fingerprint density at radius 3 is 2.18 bits per heavy atom. The van der Waals surface area contributed by atoms with Crippen molar-refractivity contribution >= 4 is 31.5 Å². The highest BCUT2D eigenvalue weighted by Crippen LogP contribution is 2.29. The number of benzene rings is 3. The van der Waals surface area contributed by atoms with Crippen LogP contribution in [0.3, 0.4) is 0 Å². The van der Waals surface area contributed by atoms with E-state index in [-0.39, 0.29) is 16.6 Å². The fourth-order valence-corrected chi connectivity index (χ4v) is 6.42. The quantitative estimate of drug-likeness (QED) is 0.469. The number of rotatable bonds is 7. The minimum absolute atomic E-state index is 0.120. The van der Waals surface area contributed by atoms with Crippen molar-refractivity contribution in [2.45, 2.75) is 36.3 Å². The van der Waals surface area contributed by atoms with E-state index in [9.17, 15) is 21.6 Å². The van der Waals surface area contributed by atoms with Crippen molar-refractivity contribution in [1.82, 2.24) is 4.90 Å². The van der Waals surface area contributed by atoms with E-state index >= 15 is 0 Å². The third-order valence-electron chi connectivity index (χ3n) is 6.74. The van der Waals surface area contributed by atoms with Crippen LogP contribution in [0, 0.1) is 18.3 Å². The lowest BCUT2D eigenvalue weighted by atomic mass is 9.88. The number of carbonyl (C=O) groups is 1. The van der Waals surface area contributed by atoms with Crippen LogP contribution in [0.15, 0.2) is 71.6 Å². The van der Waals surface area contributed by atoms with Crippen LogP contribution in [-0.4, -0.2) is 47.0 Å². The molecular weight excluding hydrogens is 522 g/mol. The number of sulfonamides is 1. The van der Waals surface area contributed by atoms with Gasteiger partial charge in [0.15, 0.2) is 9.84 Å². The van der Waals surface area contributed by atoms with Gasteiger partial charge in [-0.15, -0.1) is 0 Å². The van der Waals surface area contributed by atoms with Crippen LogP contribution in [0.5, 0.6) is 0 Å². The second-order valence-corrected chi connectivity index (χ2v) is 13.3. The molecule has 1 heterocycles. The van der Waals surface area contributed by atoms with Crippen molar-refractivity contribution in [2.75, 3.05) is 24.1 Å². The van der Waals surface area contributed by atoms with Crippen molar-refractivity contribution in [2.24, 2.45) is 0 Å². The lowest BCUT2D eigenvalue weighted by molar-refractivity contribution is 0.0712. The first kappa shape index (κ1) is 27.4. The predicted molar refractivity (Wildman–Crippen MR) is 146 cm³/mol. The SMILES string of the molecule is Cc1ccc(NS(=O)(=O)Cc2ccc(S(C)(=O)=O)cc2)cc1C(=O)N1CCC(c2ccc(C#N)cc2)CC1. The van der Waals surface area contributed by atoms with Gasteiger partial charge in [-0.2, -0.15) is 5.26 Å². The van der Waals surface area contributed by atoms with E-state index in [1.54, 1.807) is 23.1 Å². The average Bonchev–Trinajstić information content (AvgIpc) is 2.89. The van der Waals surface area contributed by atoms with E-state index in [1.807, 2.05) is 31.2 Å². The number of amides is 1. The summed E-state index contributed by atoms with van der Waals surface area (Å²) < 4.78 is 51.4. The molecule has 1 fully saturated rings. The molecule has 1 aliphatic rings. The molecule has 0 unspecified atom stereocenters. The summed E-state index contributed by atoms with van der Waals surface area (Å²) in [6, 6.07) is 20.3. The van der Waals surface area contributed by atoms with E-state index in [1.165, 1.54) is 24.3 Å². The van der Waals surface area contributed by atoms with Crippen LogP contribution in [-0.2, 0) is 25.6 Å². The summed E-state index contributed by atoms with van der Waals surface area (Å²) in [5.41, 5.74) is 3.72. The molecule has 198 valence electrons. The lowest BCUT2D eigenvalue weighted by Crippen LogP contribution is -2.38. The third kappa shape index (κ3) is 6.60. The molecule has 1 N–H and O–H groups in total. The number of hydrogen-bond acceptors (Lipinski definition) is 6. The summed E-state index contributed by atoms with van der Waals surface area (Å²) in [5.74, 6) is -0.160. The summed E-state index contributed by atoms with van der Waals surface area (Å²) in [5, 5.41) is 9.00. The molecular formula is C28H29N3O5S2. The lowest BCUT2D eigenvalue weighted by Gasteiger charge is -2.32. The Labute approximate surface area is 223 Å². The van der Waals surface area contributed by atoms with E-state index in [0.29, 0.717) is 41.4 Å². The van der Waals surface area contributed by atoms with E-state index < -0.39 is 19.9 Å². The second kappa shape index (κ2) is 11.0. The van der Waals surface area contributed by atoms with Gasteiger partial charge < -0.3 is 4.90 Å². The average molecular weight is 552 g/mol. The van der Waals surface area contributed by atoms with Crippen molar-refractivity contribution in [3.8, 4) is 6.07 Å². The molecule has 0 spiro atoms. The van der Waals surface area contributed by atoms with Gasteiger partial charge in [-0.05, 0) is 78.8 Å². The van der Waals surface area contributed by atoms with Gasteiger partial charge in [0.05, 0.1) is 22.3 Å². The highest BCUT2D eigenvalue weighted by molar-refractivity contribution is 7.92. The third-order valence-corrected chi connectivity index (χ3v) is 9.13. The molecule has 1 amide bonds. The molecule has 10 heteroatoms. The maximum absolute atomic E-state index is 13.3. The molecule has 0 aromatic heterocycles. The van der Waals surface area contributed by atoms with E-state index in [2.05, 4.69) is 10.8 Å². The van der Waals surface area contributed by atoms with Crippen molar-refractivity contribution in [3.05, 3.63) is 94.5 Å². The van der Waals surface area contributed by atoms with Crippen molar-refractivity contribution in [1.29, 1.82) is 5.26 Å². The molecule has 1 aliphatic heterocycles. The Bertz CT molecular complexity index is 1580. The molecule has 0 radical (unpaired) electrons. The predicted octanol–water partition coefficient (Wildman–Crippen LogP) is 4.23. The Balaban J connectivity index is 1.42. The Hall–Kier alpha value is -3.68. The number of sulfone groups is 1. The van der Waals surface area contributed by atoms with Gasteiger partial charge in [0.1, 0.15) is 0 Å². The molecule has 4 rings (SSSR count). The van der Waals surface area contributed by atoms with Crippen LogP contribution in [0.4, 0.5) is 5.69 Å². The fraction of sp³-hybridized carbons (Fsp3) is 0.286. The van der Waals surface area contributed by atoms with Crippen LogP contribution in [0.1, 0.15) is 51.4 Å². The molecule has 1 saturated heterocycles. The first-order valence-corrected chi connectivity index (χ1v) is 15.7. The van der Waals surface area contributed by atoms with Gasteiger partial charge in [0, 0.05) is 30.6 Å². The first-order valence-electron chi connectivity index (χ1n) is 12.1. The molecule has 3 aromatic rings.